The topological polar surface area (TPSA) is 83.6 Å². The number of nitrogens with two attached hydrogens (primary N) is 1. The van der Waals surface area contributed by atoms with Gasteiger partial charge in [-0.2, -0.15) is 4.31 Å². The second-order valence-electron chi connectivity index (χ2n) is 4.60. The van der Waals surface area contributed by atoms with Crippen LogP contribution < -0.4 is 5.73 Å². The fraction of sp³-hybridized carbons (Fsp3) is 0.500. The summed E-state index contributed by atoms with van der Waals surface area (Å²) in [5.41, 5.74) is 5.86. The molecule has 0 saturated carbocycles. The Kier molecular flexibility index (Phi) is 4.54. The maximum Gasteiger partial charge on any atom is 0.243 e. The number of hydrogen-bond acceptors (Lipinski definition) is 4. The quantitative estimate of drug-likeness (QED) is 0.811. The predicted molar refractivity (Wildman–Crippen MR) is 71.8 cm³/mol. The lowest BCUT2D eigenvalue weighted by atomic mass is 10.1. The van der Waals surface area contributed by atoms with E-state index in [0.29, 0.717) is 5.56 Å². The van der Waals surface area contributed by atoms with Crippen LogP contribution in [0.2, 0.25) is 0 Å². The van der Waals surface area contributed by atoms with Gasteiger partial charge in [-0.05, 0) is 38.0 Å². The van der Waals surface area contributed by atoms with Crippen molar-refractivity contribution < 1.29 is 17.9 Å². The Morgan fingerprint density at radius 3 is 2.47 bits per heavy atom. The summed E-state index contributed by atoms with van der Waals surface area (Å²) in [7, 11) is -2.45. The summed E-state index contributed by atoms with van der Waals surface area (Å²) in [6.45, 7) is 4.26. The van der Waals surface area contributed by atoms with Gasteiger partial charge in [0.05, 0.1) is 17.2 Å². The van der Waals surface area contributed by atoms with Crippen LogP contribution in [0.25, 0.3) is 0 Å². The highest BCUT2D eigenvalue weighted by Crippen LogP contribution is 2.29. The molecule has 0 fully saturated rings. The Morgan fingerprint density at radius 2 is 2.00 bits per heavy atom. The van der Waals surface area contributed by atoms with Gasteiger partial charge in [-0.1, -0.05) is 0 Å². The van der Waals surface area contributed by atoms with Crippen LogP contribution in [0.4, 0.5) is 10.1 Å². The third-order valence-corrected chi connectivity index (χ3v) is 5.49. The molecule has 0 aliphatic carbocycles. The van der Waals surface area contributed by atoms with Gasteiger partial charge in [-0.3, -0.25) is 0 Å². The number of sulfonamides is 1. The number of nitrogen functional groups attached to an aromatic ring is 1. The third kappa shape index (κ3) is 2.72. The van der Waals surface area contributed by atoms with Gasteiger partial charge in [0.25, 0.3) is 0 Å². The number of benzene rings is 1. The number of halogens is 1. The molecule has 1 rings (SSSR count). The third-order valence-electron chi connectivity index (χ3n) is 3.23. The summed E-state index contributed by atoms with van der Waals surface area (Å²) in [5, 5.41) is 9.06. The van der Waals surface area contributed by atoms with Crippen molar-refractivity contribution in [2.75, 3.05) is 19.4 Å². The van der Waals surface area contributed by atoms with Crippen molar-refractivity contribution in [2.45, 2.75) is 31.7 Å². The molecule has 5 nitrogen and oxygen atoms in total. The van der Waals surface area contributed by atoms with Gasteiger partial charge in [0.1, 0.15) is 5.82 Å². The fourth-order valence-electron chi connectivity index (χ4n) is 1.82. The SMILES string of the molecule is Cc1cc(F)c(N)c(C)c1S(=O)(=O)N(C)C(C)CO. The monoisotopic (exact) mass is 290 g/mol. The molecule has 0 aliphatic heterocycles. The highest BCUT2D eigenvalue weighted by Gasteiger charge is 2.29. The summed E-state index contributed by atoms with van der Waals surface area (Å²) >= 11 is 0. The number of aryl methyl sites for hydroxylation is 1. The zero-order valence-electron chi connectivity index (χ0n) is 11.4. The summed E-state index contributed by atoms with van der Waals surface area (Å²) in [4.78, 5) is -0.00537. The van der Waals surface area contributed by atoms with Gasteiger partial charge in [-0.25, -0.2) is 12.8 Å². The minimum Gasteiger partial charge on any atom is -0.396 e. The molecule has 0 amide bonds. The van der Waals surface area contributed by atoms with E-state index >= 15 is 0 Å². The van der Waals surface area contributed by atoms with E-state index in [9.17, 15) is 12.8 Å². The van der Waals surface area contributed by atoms with Crippen LogP contribution in [-0.4, -0.2) is 37.5 Å². The van der Waals surface area contributed by atoms with Crippen molar-refractivity contribution in [2.24, 2.45) is 0 Å². The lowest BCUT2D eigenvalue weighted by Crippen LogP contribution is -2.38. The molecule has 108 valence electrons. The van der Waals surface area contributed by atoms with E-state index in [1.165, 1.54) is 20.9 Å². The molecular formula is C12H19FN2O3S. The zero-order chi connectivity index (χ0) is 15.0. The lowest BCUT2D eigenvalue weighted by Gasteiger charge is -2.25. The Labute approximate surface area is 112 Å². The smallest absolute Gasteiger partial charge is 0.243 e. The Hall–Kier alpha value is -1.18. The van der Waals surface area contributed by atoms with Crippen molar-refractivity contribution in [1.82, 2.24) is 4.31 Å². The molecule has 0 radical (unpaired) electrons. The van der Waals surface area contributed by atoms with Crippen LogP contribution in [-0.2, 0) is 10.0 Å². The van der Waals surface area contributed by atoms with Gasteiger partial charge in [0, 0.05) is 13.1 Å². The number of hydrogen-bond donors (Lipinski definition) is 2. The molecule has 1 unspecified atom stereocenters. The highest BCUT2D eigenvalue weighted by molar-refractivity contribution is 7.89. The standard InChI is InChI=1S/C12H19FN2O3S/c1-7-5-10(13)11(14)9(3)12(7)19(17,18)15(4)8(2)6-16/h5,8,16H,6,14H2,1-4H3. The molecule has 0 aromatic heterocycles. The van der Waals surface area contributed by atoms with Crippen LogP contribution in [0.5, 0.6) is 0 Å². The molecular weight excluding hydrogens is 271 g/mol. The van der Waals surface area contributed by atoms with E-state index < -0.39 is 21.9 Å². The first-order valence-corrected chi connectivity index (χ1v) is 7.22. The molecule has 1 aromatic rings. The molecule has 0 aliphatic rings. The Morgan fingerprint density at radius 1 is 1.47 bits per heavy atom. The van der Waals surface area contributed by atoms with Crippen molar-refractivity contribution >= 4 is 15.7 Å². The Balaban J connectivity index is 3.50. The molecule has 1 aromatic carbocycles. The molecule has 19 heavy (non-hydrogen) atoms. The van der Waals surface area contributed by atoms with E-state index in [1.54, 1.807) is 6.92 Å². The van der Waals surface area contributed by atoms with Crippen molar-refractivity contribution in [3.63, 3.8) is 0 Å². The molecule has 1 atom stereocenters. The maximum absolute atomic E-state index is 13.5. The summed E-state index contributed by atoms with van der Waals surface area (Å²) in [6.07, 6.45) is 0. The Bertz CT molecular complexity index is 587. The predicted octanol–water partition coefficient (Wildman–Crippen LogP) is 1.03. The minimum absolute atomic E-state index is 0.00537. The number of aliphatic hydroxyl groups is 1. The van der Waals surface area contributed by atoms with E-state index in [-0.39, 0.29) is 22.8 Å². The maximum atomic E-state index is 13.5. The van der Waals surface area contributed by atoms with Crippen LogP contribution in [0.15, 0.2) is 11.0 Å². The van der Waals surface area contributed by atoms with Gasteiger partial charge in [0.15, 0.2) is 0 Å². The number of aliphatic hydroxyl groups excluding tert-OH is 1. The van der Waals surface area contributed by atoms with Crippen molar-refractivity contribution in [3.05, 3.63) is 23.0 Å². The molecule has 0 bridgehead atoms. The lowest BCUT2D eigenvalue weighted by molar-refractivity contribution is 0.213. The van der Waals surface area contributed by atoms with Crippen LogP contribution in [0.1, 0.15) is 18.1 Å². The van der Waals surface area contributed by atoms with E-state index in [4.69, 9.17) is 10.8 Å². The highest BCUT2D eigenvalue weighted by atomic mass is 32.2. The van der Waals surface area contributed by atoms with Crippen molar-refractivity contribution in [1.29, 1.82) is 0 Å². The van der Waals surface area contributed by atoms with Crippen LogP contribution in [0.3, 0.4) is 0 Å². The summed E-state index contributed by atoms with van der Waals surface area (Å²) in [6, 6.07) is 0.530. The molecule has 7 heteroatoms. The van der Waals surface area contributed by atoms with E-state index in [0.717, 1.165) is 10.4 Å². The minimum atomic E-state index is -3.82. The van der Waals surface area contributed by atoms with Crippen molar-refractivity contribution in [3.8, 4) is 0 Å². The van der Waals surface area contributed by atoms with Gasteiger partial charge in [0.2, 0.25) is 10.0 Å². The summed E-state index contributed by atoms with van der Waals surface area (Å²) in [5.74, 6) is -0.633. The zero-order valence-corrected chi connectivity index (χ0v) is 12.3. The molecule has 0 spiro atoms. The second kappa shape index (κ2) is 5.44. The molecule has 0 heterocycles. The average molecular weight is 290 g/mol. The first kappa shape index (κ1) is 15.9. The fourth-order valence-corrected chi connectivity index (χ4v) is 3.61. The van der Waals surface area contributed by atoms with Gasteiger partial charge in [-0.15, -0.1) is 0 Å². The van der Waals surface area contributed by atoms with Gasteiger partial charge < -0.3 is 10.8 Å². The summed E-state index contributed by atoms with van der Waals surface area (Å²) < 4.78 is 39.5. The van der Waals surface area contributed by atoms with Crippen LogP contribution >= 0.6 is 0 Å². The average Bonchev–Trinajstić information content (AvgIpc) is 2.33. The van der Waals surface area contributed by atoms with Crippen LogP contribution in [0, 0.1) is 19.7 Å². The first-order chi connectivity index (χ1) is 8.64. The number of likely N-dealkylation sites (N-methyl/N-ethyl adjacent to an activating group) is 1. The second-order valence-corrected chi connectivity index (χ2v) is 6.53. The van der Waals surface area contributed by atoms with Gasteiger partial charge >= 0.3 is 0 Å². The van der Waals surface area contributed by atoms with E-state index in [1.807, 2.05) is 0 Å². The number of nitrogens with zero attached hydrogens (tertiary/aromatic N) is 1. The van der Waals surface area contributed by atoms with E-state index in [2.05, 4.69) is 0 Å². The largest absolute Gasteiger partial charge is 0.396 e. The first-order valence-electron chi connectivity index (χ1n) is 5.78. The molecule has 0 saturated heterocycles. The number of anilines is 1. The molecule has 3 N–H and O–H groups in total. The number of rotatable bonds is 4. The normalized spacial score (nSPS) is 13.8.